The molecular weight excluding hydrogens is 230 g/mol. The van der Waals surface area contributed by atoms with Gasteiger partial charge in [-0.3, -0.25) is 0 Å². The molecule has 102 valence electrons. The lowest BCUT2D eigenvalue weighted by Gasteiger charge is -2.28. The number of aromatic nitrogens is 2. The highest BCUT2D eigenvalue weighted by Gasteiger charge is 2.22. The summed E-state index contributed by atoms with van der Waals surface area (Å²) in [5.41, 5.74) is -0.196. The second-order valence-electron chi connectivity index (χ2n) is 4.58. The lowest BCUT2D eigenvalue weighted by molar-refractivity contribution is 0.251. The maximum absolute atomic E-state index is 9.08. The predicted molar refractivity (Wildman–Crippen MR) is 71.8 cm³/mol. The van der Waals surface area contributed by atoms with Gasteiger partial charge in [0.2, 0.25) is 11.8 Å². The lowest BCUT2D eigenvalue weighted by Crippen LogP contribution is -2.35. The summed E-state index contributed by atoms with van der Waals surface area (Å²) < 4.78 is 5.46. The molecule has 0 aliphatic heterocycles. The van der Waals surface area contributed by atoms with Gasteiger partial charge in [-0.15, -0.1) is 0 Å². The summed E-state index contributed by atoms with van der Waals surface area (Å²) >= 11 is 0. The smallest absolute Gasteiger partial charge is 0.226 e. The van der Waals surface area contributed by atoms with E-state index in [1.807, 2.05) is 6.92 Å². The van der Waals surface area contributed by atoms with Crippen molar-refractivity contribution >= 4 is 5.95 Å². The van der Waals surface area contributed by atoms with Crippen LogP contribution in [0.15, 0.2) is 12.3 Å². The molecule has 0 aliphatic carbocycles. The van der Waals surface area contributed by atoms with Crippen LogP contribution >= 0.6 is 0 Å². The maximum Gasteiger partial charge on any atom is 0.226 e. The molecule has 1 atom stereocenters. The van der Waals surface area contributed by atoms with E-state index >= 15 is 0 Å². The minimum Gasteiger partial charge on any atom is -0.478 e. The van der Waals surface area contributed by atoms with Crippen LogP contribution in [-0.4, -0.2) is 33.8 Å². The van der Waals surface area contributed by atoms with Gasteiger partial charge in [0.05, 0.1) is 6.61 Å². The molecule has 1 rings (SSSR count). The molecule has 5 nitrogen and oxygen atoms in total. The standard InChI is InChI=1S/C13H23N3O2/c1-4-10-18-11-6-8-14-12(15-11)16-13(3,5-2)7-9-17/h6,8,17H,4-5,7,9-10H2,1-3H3,(H,14,15,16). The summed E-state index contributed by atoms with van der Waals surface area (Å²) in [6.45, 7) is 6.96. The van der Waals surface area contributed by atoms with Crippen LogP contribution in [0.2, 0.25) is 0 Å². The van der Waals surface area contributed by atoms with Gasteiger partial charge in [-0.2, -0.15) is 4.98 Å². The van der Waals surface area contributed by atoms with Crippen LogP contribution in [0.3, 0.4) is 0 Å². The maximum atomic E-state index is 9.08. The van der Waals surface area contributed by atoms with Crippen LogP contribution < -0.4 is 10.1 Å². The molecular formula is C13H23N3O2. The van der Waals surface area contributed by atoms with Crippen LogP contribution in [0.4, 0.5) is 5.95 Å². The average Bonchev–Trinajstić information content (AvgIpc) is 2.37. The van der Waals surface area contributed by atoms with E-state index in [1.165, 1.54) is 0 Å². The molecule has 0 fully saturated rings. The number of rotatable bonds is 8. The average molecular weight is 253 g/mol. The topological polar surface area (TPSA) is 67.3 Å². The van der Waals surface area contributed by atoms with Gasteiger partial charge in [0.1, 0.15) is 0 Å². The van der Waals surface area contributed by atoms with Gasteiger partial charge in [-0.05, 0) is 26.2 Å². The molecule has 0 amide bonds. The van der Waals surface area contributed by atoms with Crippen molar-refractivity contribution in [2.75, 3.05) is 18.5 Å². The molecule has 1 unspecified atom stereocenters. The summed E-state index contributed by atoms with van der Waals surface area (Å²) in [5, 5.41) is 12.3. The highest BCUT2D eigenvalue weighted by molar-refractivity contribution is 5.31. The third-order valence-electron chi connectivity index (χ3n) is 2.94. The SMILES string of the molecule is CCCOc1ccnc(NC(C)(CC)CCO)n1. The Morgan fingerprint density at radius 1 is 1.44 bits per heavy atom. The van der Waals surface area contributed by atoms with Gasteiger partial charge in [0.25, 0.3) is 0 Å². The fourth-order valence-electron chi connectivity index (χ4n) is 1.53. The number of anilines is 1. The van der Waals surface area contributed by atoms with E-state index in [0.717, 1.165) is 12.8 Å². The fraction of sp³-hybridized carbons (Fsp3) is 0.692. The monoisotopic (exact) mass is 253 g/mol. The fourth-order valence-corrected chi connectivity index (χ4v) is 1.53. The molecule has 0 saturated carbocycles. The molecule has 1 aromatic heterocycles. The number of aliphatic hydroxyl groups excluding tert-OH is 1. The first-order valence-corrected chi connectivity index (χ1v) is 6.48. The van der Waals surface area contributed by atoms with Crippen LogP contribution in [0.25, 0.3) is 0 Å². The normalized spacial score (nSPS) is 14.0. The summed E-state index contributed by atoms with van der Waals surface area (Å²) in [4.78, 5) is 8.48. The van der Waals surface area contributed by atoms with Crippen LogP contribution in [0.5, 0.6) is 5.88 Å². The van der Waals surface area contributed by atoms with E-state index in [-0.39, 0.29) is 12.1 Å². The summed E-state index contributed by atoms with van der Waals surface area (Å²) in [6, 6.07) is 1.75. The molecule has 0 radical (unpaired) electrons. The first kappa shape index (κ1) is 14.7. The highest BCUT2D eigenvalue weighted by atomic mass is 16.5. The van der Waals surface area contributed by atoms with E-state index in [1.54, 1.807) is 12.3 Å². The second-order valence-corrected chi connectivity index (χ2v) is 4.58. The third-order valence-corrected chi connectivity index (χ3v) is 2.94. The van der Waals surface area contributed by atoms with E-state index in [4.69, 9.17) is 9.84 Å². The zero-order valence-electron chi connectivity index (χ0n) is 11.4. The van der Waals surface area contributed by atoms with Crippen molar-refractivity contribution in [2.45, 2.75) is 45.6 Å². The van der Waals surface area contributed by atoms with E-state index in [2.05, 4.69) is 29.1 Å². The van der Waals surface area contributed by atoms with Gasteiger partial charge in [-0.25, -0.2) is 4.98 Å². The number of aliphatic hydroxyl groups is 1. The quantitative estimate of drug-likeness (QED) is 0.743. The van der Waals surface area contributed by atoms with E-state index < -0.39 is 0 Å². The Morgan fingerprint density at radius 3 is 2.83 bits per heavy atom. The first-order chi connectivity index (χ1) is 8.63. The lowest BCUT2D eigenvalue weighted by atomic mass is 9.95. The minimum atomic E-state index is -0.196. The first-order valence-electron chi connectivity index (χ1n) is 6.48. The number of nitrogens with one attached hydrogen (secondary N) is 1. The molecule has 1 heterocycles. The Labute approximate surface area is 109 Å². The molecule has 0 spiro atoms. The van der Waals surface area contributed by atoms with Gasteiger partial charge in [0.15, 0.2) is 0 Å². The second kappa shape index (κ2) is 7.16. The van der Waals surface area contributed by atoms with Crippen molar-refractivity contribution in [3.63, 3.8) is 0 Å². The third kappa shape index (κ3) is 4.49. The highest BCUT2D eigenvalue weighted by Crippen LogP contribution is 2.20. The molecule has 0 aliphatic rings. The molecule has 0 bridgehead atoms. The largest absolute Gasteiger partial charge is 0.478 e. The predicted octanol–water partition coefficient (Wildman–Crippen LogP) is 2.23. The Kier molecular flexibility index (Phi) is 5.85. The van der Waals surface area contributed by atoms with Crippen LogP contribution in [0, 0.1) is 0 Å². The van der Waals surface area contributed by atoms with Crippen LogP contribution in [-0.2, 0) is 0 Å². The van der Waals surface area contributed by atoms with Gasteiger partial charge in [0, 0.05) is 24.4 Å². The van der Waals surface area contributed by atoms with E-state index in [9.17, 15) is 0 Å². The molecule has 2 N–H and O–H groups in total. The Morgan fingerprint density at radius 2 is 2.22 bits per heavy atom. The van der Waals surface area contributed by atoms with Crippen molar-refractivity contribution in [1.29, 1.82) is 0 Å². The summed E-state index contributed by atoms with van der Waals surface area (Å²) in [6.07, 6.45) is 4.17. The van der Waals surface area contributed by atoms with E-state index in [0.29, 0.717) is 24.9 Å². The zero-order chi connectivity index (χ0) is 13.4. The number of ether oxygens (including phenoxy) is 1. The molecule has 1 aromatic rings. The summed E-state index contributed by atoms with van der Waals surface area (Å²) in [7, 11) is 0. The minimum absolute atomic E-state index is 0.142. The molecule has 18 heavy (non-hydrogen) atoms. The van der Waals surface area contributed by atoms with Gasteiger partial charge < -0.3 is 15.2 Å². The van der Waals surface area contributed by atoms with Crippen molar-refractivity contribution in [1.82, 2.24) is 9.97 Å². The van der Waals surface area contributed by atoms with Crippen molar-refractivity contribution < 1.29 is 9.84 Å². The number of nitrogens with zero attached hydrogens (tertiary/aromatic N) is 2. The van der Waals surface area contributed by atoms with Crippen molar-refractivity contribution in [3.05, 3.63) is 12.3 Å². The van der Waals surface area contributed by atoms with Crippen molar-refractivity contribution in [2.24, 2.45) is 0 Å². The van der Waals surface area contributed by atoms with Gasteiger partial charge in [-0.1, -0.05) is 13.8 Å². The molecule has 0 aromatic carbocycles. The Balaban J connectivity index is 2.71. The molecule has 0 saturated heterocycles. The van der Waals surface area contributed by atoms with Crippen molar-refractivity contribution in [3.8, 4) is 5.88 Å². The number of hydrogen-bond donors (Lipinski definition) is 2. The summed E-state index contributed by atoms with van der Waals surface area (Å²) in [5.74, 6) is 1.12. The Bertz CT molecular complexity index is 360. The Hall–Kier alpha value is -1.36. The number of hydrogen-bond acceptors (Lipinski definition) is 5. The zero-order valence-corrected chi connectivity index (χ0v) is 11.4. The van der Waals surface area contributed by atoms with Crippen LogP contribution in [0.1, 0.15) is 40.0 Å². The van der Waals surface area contributed by atoms with Gasteiger partial charge >= 0.3 is 0 Å². The molecule has 5 heteroatoms.